The fraction of sp³-hybridized carbons (Fsp3) is 0.385. The van der Waals surface area contributed by atoms with Crippen molar-refractivity contribution in [3.05, 3.63) is 72.8 Å². The molecular weight excluding hydrogens is 466 g/mol. The van der Waals surface area contributed by atoms with Crippen molar-refractivity contribution in [2.45, 2.75) is 45.2 Å². The molecule has 35 heavy (non-hydrogen) atoms. The summed E-state index contributed by atoms with van der Waals surface area (Å²) in [5.74, 6) is -0.280. The Morgan fingerprint density at radius 2 is 1.60 bits per heavy atom. The van der Waals surface area contributed by atoms with Gasteiger partial charge in [0.05, 0.1) is 4.90 Å². The van der Waals surface area contributed by atoms with Gasteiger partial charge in [-0.1, -0.05) is 64.6 Å². The highest BCUT2D eigenvalue weighted by molar-refractivity contribution is 7.89. The van der Waals surface area contributed by atoms with Crippen LogP contribution < -0.4 is 10.6 Å². The van der Waals surface area contributed by atoms with Crippen LogP contribution in [-0.2, 0) is 26.2 Å². The van der Waals surface area contributed by atoms with Gasteiger partial charge in [-0.3, -0.25) is 10.1 Å². The summed E-state index contributed by atoms with van der Waals surface area (Å²) in [6.07, 6.45) is 0.596. The molecule has 0 saturated carbocycles. The fourth-order valence-corrected chi connectivity index (χ4v) is 6.49. The Hall–Kier alpha value is -3.17. The lowest BCUT2D eigenvalue weighted by molar-refractivity contribution is -0.120. The van der Waals surface area contributed by atoms with Gasteiger partial charge in [0, 0.05) is 24.8 Å². The van der Waals surface area contributed by atoms with E-state index >= 15 is 0 Å². The quantitative estimate of drug-likeness (QED) is 0.557. The second kappa shape index (κ2) is 10.2. The number of hydrogen-bond donors (Lipinski definition) is 2. The van der Waals surface area contributed by atoms with Crippen LogP contribution in [-0.4, -0.2) is 43.9 Å². The first-order valence-corrected chi connectivity index (χ1v) is 12.8. The van der Waals surface area contributed by atoms with E-state index in [-0.39, 0.29) is 36.5 Å². The van der Waals surface area contributed by atoms with E-state index in [1.807, 2.05) is 58.0 Å². The van der Waals surface area contributed by atoms with Crippen molar-refractivity contribution >= 4 is 27.7 Å². The number of carbonyl (C=O) groups is 2. The first-order chi connectivity index (χ1) is 16.3. The Balaban J connectivity index is 1.69. The summed E-state index contributed by atoms with van der Waals surface area (Å²) in [6, 6.07) is 15.1. The Bertz CT molecular complexity index is 1160. The zero-order valence-electron chi connectivity index (χ0n) is 20.6. The topological polar surface area (TPSA) is 105 Å². The average molecular weight is 500 g/mol. The van der Waals surface area contributed by atoms with Gasteiger partial charge in [0.1, 0.15) is 6.61 Å². The van der Waals surface area contributed by atoms with Gasteiger partial charge >= 0.3 is 6.09 Å². The minimum atomic E-state index is -3.80. The molecule has 0 aliphatic carbocycles. The molecule has 2 N–H and O–H groups in total. The van der Waals surface area contributed by atoms with Gasteiger partial charge in [-0.25, -0.2) is 13.2 Å². The van der Waals surface area contributed by atoms with Crippen molar-refractivity contribution in [1.82, 2.24) is 9.62 Å². The molecule has 2 aromatic carbocycles. The van der Waals surface area contributed by atoms with E-state index in [4.69, 9.17) is 4.74 Å². The molecule has 1 saturated heterocycles. The second-order valence-corrected chi connectivity index (χ2v) is 12.0. The van der Waals surface area contributed by atoms with Crippen molar-refractivity contribution in [3.8, 4) is 0 Å². The largest absolute Gasteiger partial charge is 0.444 e. The number of hydrogen-bond acceptors (Lipinski definition) is 5. The molecule has 0 unspecified atom stereocenters. The molecule has 0 aromatic heterocycles. The number of amides is 2. The normalized spacial score (nSPS) is 17.8. The monoisotopic (exact) mass is 499 g/mol. The highest BCUT2D eigenvalue weighted by Gasteiger charge is 2.50. The lowest BCUT2D eigenvalue weighted by Crippen LogP contribution is -2.64. The van der Waals surface area contributed by atoms with E-state index < -0.39 is 26.9 Å². The van der Waals surface area contributed by atoms with E-state index in [2.05, 4.69) is 17.2 Å². The number of nitrogens with zero attached hydrogens (tertiary/aromatic N) is 1. The lowest BCUT2D eigenvalue weighted by Gasteiger charge is -2.52. The van der Waals surface area contributed by atoms with Gasteiger partial charge in [-0.15, -0.1) is 0 Å². The molecule has 2 amide bonds. The molecule has 1 fully saturated rings. The molecular formula is C26H33N3O5S. The fourth-order valence-electron chi connectivity index (χ4n) is 4.70. The van der Waals surface area contributed by atoms with Gasteiger partial charge in [0.25, 0.3) is 0 Å². The molecule has 0 radical (unpaired) electrons. The predicted molar refractivity (Wildman–Crippen MR) is 135 cm³/mol. The van der Waals surface area contributed by atoms with E-state index in [0.717, 1.165) is 5.56 Å². The van der Waals surface area contributed by atoms with E-state index in [0.29, 0.717) is 5.69 Å². The van der Waals surface area contributed by atoms with Gasteiger partial charge in [0.2, 0.25) is 15.9 Å². The predicted octanol–water partition coefficient (Wildman–Crippen LogP) is 4.16. The number of sulfonamides is 1. The van der Waals surface area contributed by atoms with Crippen molar-refractivity contribution in [3.63, 3.8) is 0 Å². The summed E-state index contributed by atoms with van der Waals surface area (Å²) in [5.41, 5.74) is 0.255. The van der Waals surface area contributed by atoms with Crippen LogP contribution in [0.15, 0.2) is 72.1 Å². The maximum atomic E-state index is 13.5. The van der Waals surface area contributed by atoms with Crippen LogP contribution in [0.25, 0.3) is 0 Å². The summed E-state index contributed by atoms with van der Waals surface area (Å²) in [6.45, 7) is 11.9. The molecule has 0 atom stereocenters. The standard InChI is InChI=1S/C26H33N3O5S/c1-6-22(30)28-23-25(2,3)17-29(18-26(23,4)5)35(32,33)21-14-12-20(13-15-21)27-24(31)34-16-19-10-8-7-9-11-19/h6-15,23H,1,16-18H2,2-5H3,(H,27,31)(H,28,30). The number of rotatable bonds is 7. The van der Waals surface area contributed by atoms with Gasteiger partial charge in [-0.05, 0) is 46.7 Å². The van der Waals surface area contributed by atoms with E-state index in [1.54, 1.807) is 0 Å². The number of ether oxygens (including phenoxy) is 1. The molecule has 8 nitrogen and oxygen atoms in total. The smallest absolute Gasteiger partial charge is 0.411 e. The van der Waals surface area contributed by atoms with Crippen molar-refractivity contribution in [2.75, 3.05) is 18.4 Å². The minimum Gasteiger partial charge on any atom is -0.444 e. The van der Waals surface area contributed by atoms with E-state index in [1.165, 1.54) is 34.6 Å². The van der Waals surface area contributed by atoms with Crippen LogP contribution in [0.3, 0.4) is 0 Å². The summed E-state index contributed by atoms with van der Waals surface area (Å²) in [5, 5.41) is 5.58. The molecule has 0 spiro atoms. The molecule has 1 aliphatic heterocycles. The Morgan fingerprint density at radius 1 is 1.03 bits per heavy atom. The third-order valence-electron chi connectivity index (χ3n) is 6.15. The van der Waals surface area contributed by atoms with Crippen LogP contribution in [0.4, 0.5) is 10.5 Å². The molecule has 1 heterocycles. The third-order valence-corrected chi connectivity index (χ3v) is 7.96. The maximum Gasteiger partial charge on any atom is 0.411 e. The molecule has 1 aliphatic rings. The number of benzene rings is 2. The third kappa shape index (κ3) is 6.29. The summed E-state index contributed by atoms with van der Waals surface area (Å²) >= 11 is 0. The average Bonchev–Trinajstić information content (AvgIpc) is 2.80. The molecule has 0 bridgehead atoms. The van der Waals surface area contributed by atoms with Crippen molar-refractivity contribution in [1.29, 1.82) is 0 Å². The highest BCUT2D eigenvalue weighted by Crippen LogP contribution is 2.42. The zero-order chi connectivity index (χ0) is 25.9. The molecule has 188 valence electrons. The van der Waals surface area contributed by atoms with Crippen LogP contribution >= 0.6 is 0 Å². The lowest BCUT2D eigenvalue weighted by atomic mass is 9.67. The number of nitrogens with one attached hydrogen (secondary N) is 2. The van der Waals surface area contributed by atoms with Crippen molar-refractivity contribution in [2.24, 2.45) is 10.8 Å². The van der Waals surface area contributed by atoms with Crippen LogP contribution in [0.2, 0.25) is 0 Å². The molecule has 3 rings (SSSR count). The Kier molecular flexibility index (Phi) is 7.71. The van der Waals surface area contributed by atoms with Crippen LogP contribution in [0.5, 0.6) is 0 Å². The van der Waals surface area contributed by atoms with E-state index in [9.17, 15) is 18.0 Å². The van der Waals surface area contributed by atoms with Gasteiger partial charge < -0.3 is 10.1 Å². The number of anilines is 1. The first kappa shape index (κ1) is 26.4. The SMILES string of the molecule is C=CC(=O)NC1C(C)(C)CN(S(=O)(=O)c2ccc(NC(=O)OCc3ccccc3)cc2)CC1(C)C. The first-order valence-electron chi connectivity index (χ1n) is 11.4. The van der Waals surface area contributed by atoms with Crippen LogP contribution in [0.1, 0.15) is 33.3 Å². The van der Waals surface area contributed by atoms with Gasteiger partial charge in [0.15, 0.2) is 0 Å². The molecule has 2 aromatic rings. The zero-order valence-corrected chi connectivity index (χ0v) is 21.4. The molecule has 9 heteroatoms. The summed E-state index contributed by atoms with van der Waals surface area (Å²) < 4.78 is 33.6. The minimum absolute atomic E-state index is 0.126. The Morgan fingerprint density at radius 3 is 2.14 bits per heavy atom. The second-order valence-electron chi connectivity index (χ2n) is 10.1. The number of piperidine rings is 1. The summed E-state index contributed by atoms with van der Waals surface area (Å²) in [7, 11) is -3.80. The van der Waals surface area contributed by atoms with Crippen molar-refractivity contribution < 1.29 is 22.7 Å². The number of carbonyl (C=O) groups excluding carboxylic acids is 2. The summed E-state index contributed by atoms with van der Waals surface area (Å²) in [4.78, 5) is 24.2. The highest BCUT2D eigenvalue weighted by atomic mass is 32.2. The maximum absolute atomic E-state index is 13.5. The Labute approximate surface area is 207 Å². The van der Waals surface area contributed by atoms with Gasteiger partial charge in [-0.2, -0.15) is 4.31 Å². The van der Waals surface area contributed by atoms with Crippen LogP contribution in [0, 0.1) is 10.8 Å².